The fraction of sp³-hybridized carbons (Fsp3) is 0.381. The molecule has 1 fully saturated rings. The normalized spacial score (nSPS) is 15.0. The van der Waals surface area contributed by atoms with Crippen LogP contribution in [0.4, 0.5) is 5.69 Å². The molecule has 1 aliphatic carbocycles. The minimum atomic E-state index is -3.62. The summed E-state index contributed by atoms with van der Waals surface area (Å²) in [4.78, 5) is 12.9. The topological polar surface area (TPSA) is 75.3 Å². The molecular weight excluding hydrogens is 360 g/mol. The van der Waals surface area contributed by atoms with Crippen LogP contribution in [0.2, 0.25) is 0 Å². The summed E-state index contributed by atoms with van der Waals surface area (Å²) >= 11 is 0. The minimum Gasteiger partial charge on any atom is -0.321 e. The Labute approximate surface area is 161 Å². The Hall–Kier alpha value is -2.18. The van der Waals surface area contributed by atoms with Gasteiger partial charge in [-0.05, 0) is 55.5 Å². The number of anilines is 1. The van der Waals surface area contributed by atoms with Gasteiger partial charge in [0.2, 0.25) is 10.0 Å². The van der Waals surface area contributed by atoms with Gasteiger partial charge in [0, 0.05) is 17.3 Å². The van der Waals surface area contributed by atoms with Gasteiger partial charge in [-0.15, -0.1) is 0 Å². The van der Waals surface area contributed by atoms with Crippen LogP contribution in [0.25, 0.3) is 0 Å². The Morgan fingerprint density at radius 2 is 1.81 bits per heavy atom. The van der Waals surface area contributed by atoms with Crippen molar-refractivity contribution in [3.63, 3.8) is 0 Å². The quantitative estimate of drug-likeness (QED) is 0.787. The molecule has 144 valence electrons. The second kappa shape index (κ2) is 8.23. The summed E-state index contributed by atoms with van der Waals surface area (Å²) in [5.74, 6) is -0.308. The van der Waals surface area contributed by atoms with E-state index in [9.17, 15) is 13.2 Å². The van der Waals surface area contributed by atoms with E-state index < -0.39 is 10.0 Å². The predicted octanol–water partition coefficient (Wildman–Crippen LogP) is 4.03. The monoisotopic (exact) mass is 386 g/mol. The van der Waals surface area contributed by atoms with Crippen molar-refractivity contribution >= 4 is 21.6 Å². The molecule has 0 aliphatic heterocycles. The van der Waals surface area contributed by atoms with Crippen LogP contribution in [0.5, 0.6) is 0 Å². The number of sulfonamides is 1. The highest BCUT2D eigenvalue weighted by molar-refractivity contribution is 7.89. The van der Waals surface area contributed by atoms with E-state index in [0.29, 0.717) is 5.56 Å². The zero-order chi connectivity index (χ0) is 19.4. The lowest BCUT2D eigenvalue weighted by atomic mass is 10.1. The number of amides is 1. The molecule has 0 spiro atoms. The van der Waals surface area contributed by atoms with Crippen LogP contribution >= 0.6 is 0 Å². The molecule has 0 bridgehead atoms. The lowest BCUT2D eigenvalue weighted by molar-refractivity contribution is 0.102. The van der Waals surface area contributed by atoms with Crippen molar-refractivity contribution in [3.05, 3.63) is 59.2 Å². The maximum absolute atomic E-state index is 12.7. The maximum atomic E-state index is 12.7. The van der Waals surface area contributed by atoms with Crippen LogP contribution in [-0.4, -0.2) is 20.4 Å². The third-order valence-corrected chi connectivity index (χ3v) is 6.58. The molecule has 2 aromatic carbocycles. The van der Waals surface area contributed by atoms with Gasteiger partial charge in [-0.3, -0.25) is 4.79 Å². The fourth-order valence-electron chi connectivity index (χ4n) is 3.52. The van der Waals surface area contributed by atoms with E-state index in [4.69, 9.17) is 0 Å². The number of hydrogen-bond donors (Lipinski definition) is 2. The summed E-state index contributed by atoms with van der Waals surface area (Å²) in [6.45, 7) is 3.98. The van der Waals surface area contributed by atoms with Gasteiger partial charge < -0.3 is 5.32 Å². The number of nitrogens with one attached hydrogen (secondary N) is 2. The molecule has 2 aromatic rings. The van der Waals surface area contributed by atoms with Gasteiger partial charge in [0.25, 0.3) is 5.91 Å². The van der Waals surface area contributed by atoms with Crippen LogP contribution in [0, 0.1) is 6.92 Å². The van der Waals surface area contributed by atoms with E-state index in [2.05, 4.69) is 10.0 Å². The molecule has 1 aliphatic rings. The van der Waals surface area contributed by atoms with E-state index >= 15 is 0 Å². The molecule has 0 radical (unpaired) electrons. The Morgan fingerprint density at radius 3 is 2.52 bits per heavy atom. The van der Waals surface area contributed by atoms with Crippen molar-refractivity contribution in [2.24, 2.45) is 0 Å². The first-order valence-corrected chi connectivity index (χ1v) is 10.9. The third-order valence-electron chi connectivity index (χ3n) is 5.06. The molecule has 6 heteroatoms. The van der Waals surface area contributed by atoms with Crippen molar-refractivity contribution in [2.75, 3.05) is 5.32 Å². The van der Waals surface area contributed by atoms with Gasteiger partial charge in [-0.1, -0.05) is 44.0 Å². The van der Waals surface area contributed by atoms with Crippen molar-refractivity contribution < 1.29 is 13.2 Å². The molecule has 0 heterocycles. The summed E-state index contributed by atoms with van der Waals surface area (Å²) in [7, 11) is -3.62. The second-order valence-corrected chi connectivity index (χ2v) is 8.76. The van der Waals surface area contributed by atoms with E-state index in [1.807, 2.05) is 32.0 Å². The first kappa shape index (κ1) is 19.6. The number of para-hydroxylation sites is 1. The summed E-state index contributed by atoms with van der Waals surface area (Å²) < 4.78 is 28.0. The molecular formula is C21H26N2O3S. The van der Waals surface area contributed by atoms with Gasteiger partial charge in [0.1, 0.15) is 0 Å². The second-order valence-electron chi connectivity index (χ2n) is 7.05. The van der Waals surface area contributed by atoms with Crippen LogP contribution in [0.1, 0.15) is 54.1 Å². The largest absolute Gasteiger partial charge is 0.321 e. The van der Waals surface area contributed by atoms with Crippen LogP contribution < -0.4 is 10.0 Å². The van der Waals surface area contributed by atoms with E-state index in [-0.39, 0.29) is 16.8 Å². The molecule has 0 atom stereocenters. The molecule has 0 unspecified atom stereocenters. The number of benzene rings is 2. The fourth-order valence-corrected chi connectivity index (χ4v) is 4.87. The molecule has 0 aromatic heterocycles. The van der Waals surface area contributed by atoms with Gasteiger partial charge in [-0.25, -0.2) is 13.1 Å². The van der Waals surface area contributed by atoms with E-state index in [1.165, 1.54) is 12.1 Å². The average molecular weight is 387 g/mol. The summed E-state index contributed by atoms with van der Waals surface area (Å²) in [6.07, 6.45) is 4.63. The number of hydrogen-bond acceptors (Lipinski definition) is 3. The Bertz CT molecular complexity index is 932. The third kappa shape index (κ3) is 4.57. The maximum Gasteiger partial charge on any atom is 0.255 e. The van der Waals surface area contributed by atoms with Crippen LogP contribution in [-0.2, 0) is 16.4 Å². The van der Waals surface area contributed by atoms with Crippen molar-refractivity contribution in [3.8, 4) is 0 Å². The van der Waals surface area contributed by atoms with Gasteiger partial charge in [0.15, 0.2) is 0 Å². The van der Waals surface area contributed by atoms with Gasteiger partial charge >= 0.3 is 0 Å². The summed E-state index contributed by atoms with van der Waals surface area (Å²) in [5.41, 5.74) is 3.15. The number of carbonyl (C=O) groups is 1. The zero-order valence-corrected chi connectivity index (χ0v) is 16.6. The van der Waals surface area contributed by atoms with Crippen molar-refractivity contribution in [2.45, 2.75) is 56.9 Å². The Morgan fingerprint density at radius 1 is 1.11 bits per heavy atom. The number of aryl methyl sites for hydroxylation is 2. The molecule has 3 rings (SSSR count). The van der Waals surface area contributed by atoms with E-state index in [0.717, 1.165) is 48.9 Å². The molecule has 27 heavy (non-hydrogen) atoms. The lowest BCUT2D eigenvalue weighted by Gasteiger charge is -2.15. The number of rotatable bonds is 6. The van der Waals surface area contributed by atoms with E-state index in [1.54, 1.807) is 12.1 Å². The molecule has 2 N–H and O–H groups in total. The van der Waals surface area contributed by atoms with Gasteiger partial charge in [-0.2, -0.15) is 0 Å². The van der Waals surface area contributed by atoms with Gasteiger partial charge in [0.05, 0.1) is 4.90 Å². The summed E-state index contributed by atoms with van der Waals surface area (Å²) in [5, 5.41) is 2.94. The highest BCUT2D eigenvalue weighted by atomic mass is 32.2. The smallest absolute Gasteiger partial charge is 0.255 e. The van der Waals surface area contributed by atoms with Crippen molar-refractivity contribution in [1.29, 1.82) is 0 Å². The van der Waals surface area contributed by atoms with Crippen LogP contribution in [0.15, 0.2) is 47.4 Å². The predicted molar refractivity (Wildman–Crippen MR) is 108 cm³/mol. The molecule has 1 amide bonds. The Kier molecular flexibility index (Phi) is 5.97. The SMILES string of the molecule is CCc1cccc(C)c1NC(=O)c1cccc(S(=O)(=O)NC2CCCC2)c1. The lowest BCUT2D eigenvalue weighted by Crippen LogP contribution is -2.32. The summed E-state index contributed by atoms with van der Waals surface area (Å²) in [6, 6.07) is 12.1. The molecule has 0 saturated heterocycles. The standard InChI is InChI=1S/C21H26N2O3S/c1-3-16-9-6-8-15(2)20(16)22-21(24)17-10-7-13-19(14-17)27(25,26)23-18-11-4-5-12-18/h6-10,13-14,18,23H,3-5,11-12H2,1-2H3,(H,22,24). The minimum absolute atomic E-state index is 0.00781. The zero-order valence-electron chi connectivity index (χ0n) is 15.8. The number of carbonyl (C=O) groups excluding carboxylic acids is 1. The first-order chi connectivity index (χ1) is 12.9. The van der Waals surface area contributed by atoms with Crippen molar-refractivity contribution in [1.82, 2.24) is 4.72 Å². The first-order valence-electron chi connectivity index (χ1n) is 9.43. The molecule has 5 nitrogen and oxygen atoms in total. The molecule has 1 saturated carbocycles. The van der Waals surface area contributed by atoms with Crippen LogP contribution in [0.3, 0.4) is 0 Å². The Balaban J connectivity index is 1.82. The average Bonchev–Trinajstić information content (AvgIpc) is 3.15. The highest BCUT2D eigenvalue weighted by Crippen LogP contribution is 2.23. The highest BCUT2D eigenvalue weighted by Gasteiger charge is 2.23.